The van der Waals surface area contributed by atoms with E-state index in [2.05, 4.69) is 5.32 Å². The van der Waals surface area contributed by atoms with Gasteiger partial charge in [-0.1, -0.05) is 0 Å². The zero-order valence-electron chi connectivity index (χ0n) is 11.4. The lowest BCUT2D eigenvalue weighted by Crippen LogP contribution is -2.27. The number of methoxy groups -OCH3 is 1. The molecule has 0 aliphatic heterocycles. The Morgan fingerprint density at radius 3 is 2.80 bits per heavy atom. The molecular formula is C13H17ClN2O4. The van der Waals surface area contributed by atoms with Crippen molar-refractivity contribution >= 4 is 23.2 Å². The van der Waals surface area contributed by atoms with Crippen LogP contribution in [0.15, 0.2) is 18.2 Å². The van der Waals surface area contributed by atoms with Gasteiger partial charge < -0.3 is 10.1 Å². The van der Waals surface area contributed by atoms with Crippen molar-refractivity contribution in [2.45, 2.75) is 18.7 Å². The average Bonchev–Trinajstić information content (AvgIpc) is 2.38. The fourth-order valence-electron chi connectivity index (χ4n) is 1.72. The summed E-state index contributed by atoms with van der Waals surface area (Å²) < 4.78 is 4.89. The SMILES string of the molecule is COCC(Cl)CCNC(=O)c1ccc([N+](=O)[O-])cc1C. The number of non-ortho nitro benzene ring substituents is 1. The molecule has 1 rings (SSSR count). The molecule has 1 aromatic carbocycles. The van der Waals surface area contributed by atoms with Crippen LogP contribution in [-0.2, 0) is 4.74 Å². The van der Waals surface area contributed by atoms with Crippen molar-refractivity contribution in [3.05, 3.63) is 39.4 Å². The zero-order chi connectivity index (χ0) is 15.1. The Balaban J connectivity index is 2.58. The molecule has 20 heavy (non-hydrogen) atoms. The maximum absolute atomic E-state index is 11.9. The number of carbonyl (C=O) groups is 1. The van der Waals surface area contributed by atoms with Crippen molar-refractivity contribution in [2.75, 3.05) is 20.3 Å². The van der Waals surface area contributed by atoms with E-state index in [0.717, 1.165) is 0 Å². The fraction of sp³-hybridized carbons (Fsp3) is 0.462. The number of nitro groups is 1. The second-order valence-corrected chi connectivity index (χ2v) is 4.97. The lowest BCUT2D eigenvalue weighted by Gasteiger charge is -2.10. The van der Waals surface area contributed by atoms with Gasteiger partial charge in [0.15, 0.2) is 0 Å². The number of aryl methyl sites for hydroxylation is 1. The first kappa shape index (κ1) is 16.4. The highest BCUT2D eigenvalue weighted by Gasteiger charge is 2.13. The van der Waals surface area contributed by atoms with Crippen LogP contribution in [0.1, 0.15) is 22.3 Å². The minimum Gasteiger partial charge on any atom is -0.383 e. The number of nitro benzene ring substituents is 1. The van der Waals surface area contributed by atoms with Crippen LogP contribution in [0.5, 0.6) is 0 Å². The normalized spacial score (nSPS) is 11.9. The first-order valence-corrected chi connectivity index (χ1v) is 6.55. The predicted octanol–water partition coefficient (Wildman–Crippen LogP) is 2.28. The van der Waals surface area contributed by atoms with Gasteiger partial charge in [0.2, 0.25) is 0 Å². The van der Waals surface area contributed by atoms with Gasteiger partial charge in [-0.15, -0.1) is 11.6 Å². The van der Waals surface area contributed by atoms with Gasteiger partial charge in [0.25, 0.3) is 11.6 Å². The second-order valence-electron chi connectivity index (χ2n) is 4.35. The number of benzene rings is 1. The Morgan fingerprint density at radius 2 is 2.25 bits per heavy atom. The molecule has 1 aromatic rings. The lowest BCUT2D eigenvalue weighted by atomic mass is 10.1. The summed E-state index contributed by atoms with van der Waals surface area (Å²) in [5.41, 5.74) is 0.962. The quantitative estimate of drug-likeness (QED) is 0.476. The first-order valence-electron chi connectivity index (χ1n) is 6.12. The molecule has 6 nitrogen and oxygen atoms in total. The zero-order valence-corrected chi connectivity index (χ0v) is 12.1. The summed E-state index contributed by atoms with van der Waals surface area (Å²) in [5, 5.41) is 13.2. The van der Waals surface area contributed by atoms with Crippen molar-refractivity contribution in [3.63, 3.8) is 0 Å². The van der Waals surface area contributed by atoms with Crippen molar-refractivity contribution in [1.29, 1.82) is 0 Å². The van der Waals surface area contributed by atoms with Gasteiger partial charge in [0, 0.05) is 31.4 Å². The Bertz CT molecular complexity index is 493. The van der Waals surface area contributed by atoms with Crippen molar-refractivity contribution in [3.8, 4) is 0 Å². The molecule has 1 N–H and O–H groups in total. The van der Waals surface area contributed by atoms with Gasteiger partial charge in [-0.25, -0.2) is 0 Å². The molecule has 0 fully saturated rings. The molecule has 0 aliphatic carbocycles. The number of halogens is 1. The highest BCUT2D eigenvalue weighted by molar-refractivity contribution is 6.20. The monoisotopic (exact) mass is 300 g/mol. The number of alkyl halides is 1. The summed E-state index contributed by atoms with van der Waals surface area (Å²) in [6.45, 7) is 2.51. The van der Waals surface area contributed by atoms with Gasteiger partial charge in [0.05, 0.1) is 16.9 Å². The minimum atomic E-state index is -0.489. The summed E-state index contributed by atoms with van der Waals surface area (Å²) in [6, 6.07) is 4.15. The molecule has 0 radical (unpaired) electrons. The third kappa shape index (κ3) is 4.79. The van der Waals surface area contributed by atoms with Crippen LogP contribution >= 0.6 is 11.6 Å². The molecule has 0 saturated heterocycles. The second kappa shape index (κ2) is 7.81. The molecule has 0 aromatic heterocycles. The molecule has 7 heteroatoms. The Labute approximate surface area is 122 Å². The highest BCUT2D eigenvalue weighted by atomic mass is 35.5. The predicted molar refractivity (Wildman–Crippen MR) is 76.3 cm³/mol. The minimum absolute atomic E-state index is 0.0278. The largest absolute Gasteiger partial charge is 0.383 e. The molecule has 1 atom stereocenters. The van der Waals surface area contributed by atoms with E-state index in [-0.39, 0.29) is 17.0 Å². The smallest absolute Gasteiger partial charge is 0.269 e. The number of ether oxygens (including phenoxy) is 1. The Hall–Kier alpha value is -1.66. The average molecular weight is 301 g/mol. The molecule has 1 unspecified atom stereocenters. The van der Waals surface area contributed by atoms with E-state index in [4.69, 9.17) is 16.3 Å². The number of carbonyl (C=O) groups excluding carboxylic acids is 1. The van der Waals surface area contributed by atoms with E-state index >= 15 is 0 Å². The maximum Gasteiger partial charge on any atom is 0.269 e. The first-order chi connectivity index (χ1) is 9.45. The van der Waals surface area contributed by atoms with Gasteiger partial charge in [-0.3, -0.25) is 14.9 Å². The van der Waals surface area contributed by atoms with Crippen molar-refractivity contribution in [2.24, 2.45) is 0 Å². The molecule has 0 bridgehead atoms. The number of rotatable bonds is 7. The number of hydrogen-bond donors (Lipinski definition) is 1. The Kier molecular flexibility index (Phi) is 6.41. The van der Waals surface area contributed by atoms with Gasteiger partial charge >= 0.3 is 0 Å². The Morgan fingerprint density at radius 1 is 1.55 bits per heavy atom. The lowest BCUT2D eigenvalue weighted by molar-refractivity contribution is -0.384. The summed E-state index contributed by atoms with van der Waals surface area (Å²) in [4.78, 5) is 22.1. The van der Waals surface area contributed by atoms with Crippen molar-refractivity contribution < 1.29 is 14.5 Å². The molecule has 0 saturated carbocycles. The van der Waals surface area contributed by atoms with E-state index in [1.54, 1.807) is 14.0 Å². The topological polar surface area (TPSA) is 81.5 Å². The summed E-state index contributed by atoms with van der Waals surface area (Å²) in [5.74, 6) is -0.265. The molecular weight excluding hydrogens is 284 g/mol. The van der Waals surface area contributed by atoms with E-state index in [9.17, 15) is 14.9 Å². The van der Waals surface area contributed by atoms with Crippen LogP contribution in [0.3, 0.4) is 0 Å². The van der Waals surface area contributed by atoms with E-state index in [1.807, 2.05) is 0 Å². The number of nitrogens with zero attached hydrogens (tertiary/aromatic N) is 1. The maximum atomic E-state index is 11.9. The van der Waals surface area contributed by atoms with Gasteiger partial charge in [-0.05, 0) is 25.0 Å². The van der Waals surface area contributed by atoms with Gasteiger partial charge in [-0.2, -0.15) is 0 Å². The molecule has 110 valence electrons. The molecule has 0 aliphatic rings. The van der Waals surface area contributed by atoms with Crippen LogP contribution in [0.4, 0.5) is 5.69 Å². The van der Waals surface area contributed by atoms with Crippen molar-refractivity contribution in [1.82, 2.24) is 5.32 Å². The summed E-state index contributed by atoms with van der Waals surface area (Å²) in [7, 11) is 1.56. The third-order valence-electron chi connectivity index (χ3n) is 2.76. The standard InChI is InChI=1S/C13H17ClN2O4/c1-9-7-11(16(18)19)3-4-12(9)13(17)15-6-5-10(14)8-20-2/h3-4,7,10H,5-6,8H2,1-2H3,(H,15,17). The van der Waals surface area contributed by atoms with Crippen LogP contribution in [0.2, 0.25) is 0 Å². The van der Waals surface area contributed by atoms with Gasteiger partial charge in [0.1, 0.15) is 0 Å². The molecule has 0 heterocycles. The number of nitrogens with one attached hydrogen (secondary N) is 1. The van der Waals surface area contributed by atoms with E-state index in [1.165, 1.54) is 18.2 Å². The highest BCUT2D eigenvalue weighted by Crippen LogP contribution is 2.17. The van der Waals surface area contributed by atoms with E-state index < -0.39 is 4.92 Å². The van der Waals surface area contributed by atoms with Crippen LogP contribution in [0.25, 0.3) is 0 Å². The summed E-state index contributed by atoms with van der Waals surface area (Å²) >= 11 is 5.95. The van der Waals surface area contributed by atoms with Crippen LogP contribution in [0, 0.1) is 17.0 Å². The van der Waals surface area contributed by atoms with Crippen LogP contribution in [-0.4, -0.2) is 36.5 Å². The third-order valence-corrected chi connectivity index (χ3v) is 3.10. The molecule has 1 amide bonds. The fourth-order valence-corrected chi connectivity index (χ4v) is 1.95. The molecule has 0 spiro atoms. The summed E-state index contributed by atoms with van der Waals surface area (Å²) in [6.07, 6.45) is 0.590. The number of hydrogen-bond acceptors (Lipinski definition) is 4. The van der Waals surface area contributed by atoms with Crippen LogP contribution < -0.4 is 5.32 Å². The van der Waals surface area contributed by atoms with E-state index in [0.29, 0.717) is 30.7 Å². The number of amides is 1.